The summed E-state index contributed by atoms with van der Waals surface area (Å²) in [5, 5.41) is 2.86. The Labute approximate surface area is 152 Å². The topological polar surface area (TPSA) is 53.9 Å². The number of likely N-dealkylation sites (N-methyl/N-ethyl adjacent to an activating group) is 1. The van der Waals surface area contributed by atoms with Crippen molar-refractivity contribution in [3.8, 4) is 0 Å². The predicted molar refractivity (Wildman–Crippen MR) is 98.5 cm³/mol. The molecule has 1 fully saturated rings. The lowest BCUT2D eigenvalue weighted by Gasteiger charge is -2.16. The summed E-state index contributed by atoms with van der Waals surface area (Å²) in [7, 11) is 1.90. The van der Waals surface area contributed by atoms with Gasteiger partial charge in [-0.2, -0.15) is 0 Å². The first-order valence-electron chi connectivity index (χ1n) is 8.77. The van der Waals surface area contributed by atoms with E-state index >= 15 is 0 Å². The van der Waals surface area contributed by atoms with Crippen LogP contribution in [0.15, 0.2) is 48.5 Å². The minimum absolute atomic E-state index is 0.107. The number of nitrogens with one attached hydrogen (secondary N) is 2. The highest BCUT2D eigenvalue weighted by Crippen LogP contribution is 2.22. The van der Waals surface area contributed by atoms with Gasteiger partial charge in [0.15, 0.2) is 6.54 Å². The van der Waals surface area contributed by atoms with Gasteiger partial charge in [-0.05, 0) is 42.8 Å². The molecule has 1 aliphatic rings. The van der Waals surface area contributed by atoms with Gasteiger partial charge in [0.25, 0.3) is 5.91 Å². The van der Waals surface area contributed by atoms with Crippen molar-refractivity contribution >= 4 is 23.2 Å². The van der Waals surface area contributed by atoms with Gasteiger partial charge < -0.3 is 15.1 Å². The average Bonchev–Trinajstić information content (AvgIpc) is 3.01. The Morgan fingerprint density at radius 2 is 2.00 bits per heavy atom. The molecular formula is C20H23FN3O2+. The minimum Gasteiger partial charge on any atom is -0.326 e. The fraction of sp³-hybridized carbons (Fsp3) is 0.300. The van der Waals surface area contributed by atoms with Gasteiger partial charge >= 0.3 is 0 Å². The highest BCUT2D eigenvalue weighted by atomic mass is 19.1. The van der Waals surface area contributed by atoms with Crippen molar-refractivity contribution in [3.63, 3.8) is 0 Å². The molecule has 1 unspecified atom stereocenters. The predicted octanol–water partition coefficient (Wildman–Crippen LogP) is 1.61. The van der Waals surface area contributed by atoms with Gasteiger partial charge in [-0.1, -0.05) is 12.1 Å². The fourth-order valence-electron chi connectivity index (χ4n) is 3.18. The van der Waals surface area contributed by atoms with Crippen LogP contribution >= 0.6 is 0 Å². The lowest BCUT2D eigenvalue weighted by molar-refractivity contribution is -0.885. The van der Waals surface area contributed by atoms with Crippen molar-refractivity contribution in [1.82, 2.24) is 0 Å². The maximum atomic E-state index is 13.2. The number of rotatable bonds is 6. The Balaban J connectivity index is 1.52. The van der Waals surface area contributed by atoms with Gasteiger partial charge in [0.1, 0.15) is 12.4 Å². The third-order valence-electron chi connectivity index (χ3n) is 4.39. The number of hydrogen-bond acceptors (Lipinski definition) is 2. The summed E-state index contributed by atoms with van der Waals surface area (Å²) in [5.74, 6) is -0.232. The molecule has 0 bridgehead atoms. The van der Waals surface area contributed by atoms with Crippen molar-refractivity contribution in [2.75, 3.05) is 30.4 Å². The normalized spacial score (nSPS) is 15.2. The monoisotopic (exact) mass is 356 g/mol. The minimum atomic E-state index is -0.267. The quantitative estimate of drug-likeness (QED) is 0.826. The molecule has 1 saturated heterocycles. The molecule has 26 heavy (non-hydrogen) atoms. The Morgan fingerprint density at radius 1 is 1.23 bits per heavy atom. The zero-order valence-electron chi connectivity index (χ0n) is 14.8. The number of anilines is 2. The van der Waals surface area contributed by atoms with E-state index in [1.54, 1.807) is 23.1 Å². The van der Waals surface area contributed by atoms with Crippen LogP contribution in [0, 0.1) is 5.82 Å². The van der Waals surface area contributed by atoms with Gasteiger partial charge in [-0.15, -0.1) is 0 Å². The lowest BCUT2D eigenvalue weighted by atomic mass is 10.2. The third-order valence-corrected chi connectivity index (χ3v) is 4.39. The fourth-order valence-corrected chi connectivity index (χ4v) is 3.18. The van der Waals surface area contributed by atoms with Crippen molar-refractivity contribution in [2.45, 2.75) is 19.4 Å². The average molecular weight is 356 g/mol. The Kier molecular flexibility index (Phi) is 5.63. The highest BCUT2D eigenvalue weighted by Gasteiger charge is 2.21. The number of benzene rings is 2. The number of halogens is 1. The molecular weight excluding hydrogens is 333 g/mol. The summed E-state index contributed by atoms with van der Waals surface area (Å²) in [6.45, 7) is 1.60. The molecule has 2 aromatic carbocycles. The number of carbonyl (C=O) groups excluding carboxylic acids is 2. The molecule has 2 aromatic rings. The lowest BCUT2D eigenvalue weighted by Crippen LogP contribution is -3.08. The van der Waals surface area contributed by atoms with Crippen LogP contribution in [0.2, 0.25) is 0 Å². The van der Waals surface area contributed by atoms with Gasteiger partial charge in [0, 0.05) is 29.9 Å². The molecule has 1 heterocycles. The second-order valence-electron chi connectivity index (χ2n) is 6.68. The molecule has 0 radical (unpaired) electrons. The molecule has 5 nitrogen and oxygen atoms in total. The summed E-state index contributed by atoms with van der Waals surface area (Å²) < 4.78 is 13.2. The van der Waals surface area contributed by atoms with Crippen molar-refractivity contribution in [1.29, 1.82) is 0 Å². The molecule has 136 valence electrons. The number of amides is 2. The smallest absolute Gasteiger partial charge is 0.279 e. The summed E-state index contributed by atoms with van der Waals surface area (Å²) in [6.07, 6.45) is 1.48. The van der Waals surface area contributed by atoms with E-state index in [0.717, 1.165) is 29.1 Å². The first kappa shape index (κ1) is 18.1. The number of carbonyl (C=O) groups is 2. The largest absolute Gasteiger partial charge is 0.326 e. The van der Waals surface area contributed by atoms with E-state index < -0.39 is 0 Å². The van der Waals surface area contributed by atoms with Crippen LogP contribution in [0.1, 0.15) is 18.4 Å². The van der Waals surface area contributed by atoms with Gasteiger partial charge in [-0.3, -0.25) is 9.59 Å². The second kappa shape index (κ2) is 8.10. The molecule has 0 saturated carbocycles. The van der Waals surface area contributed by atoms with Crippen LogP contribution in [0.5, 0.6) is 0 Å². The molecule has 3 rings (SSSR count). The van der Waals surface area contributed by atoms with Crippen LogP contribution in [0.4, 0.5) is 15.8 Å². The maximum absolute atomic E-state index is 13.2. The number of hydrogen-bond donors (Lipinski definition) is 2. The molecule has 1 aliphatic heterocycles. The highest BCUT2D eigenvalue weighted by molar-refractivity contribution is 5.96. The second-order valence-corrected chi connectivity index (χ2v) is 6.68. The molecule has 6 heteroatoms. The van der Waals surface area contributed by atoms with E-state index in [0.29, 0.717) is 18.7 Å². The zero-order valence-corrected chi connectivity index (χ0v) is 14.8. The maximum Gasteiger partial charge on any atom is 0.279 e. The molecule has 0 spiro atoms. The van der Waals surface area contributed by atoms with E-state index in [-0.39, 0.29) is 24.2 Å². The number of quaternary nitrogens is 1. The number of nitrogens with zero attached hydrogens (tertiary/aromatic N) is 1. The van der Waals surface area contributed by atoms with Crippen LogP contribution in [0.3, 0.4) is 0 Å². The van der Waals surface area contributed by atoms with Gasteiger partial charge in [-0.25, -0.2) is 4.39 Å². The van der Waals surface area contributed by atoms with Gasteiger partial charge in [0.2, 0.25) is 5.91 Å². The Bertz CT molecular complexity index is 792. The first-order chi connectivity index (χ1) is 12.5. The summed E-state index contributed by atoms with van der Waals surface area (Å²) >= 11 is 0. The van der Waals surface area contributed by atoms with Crippen LogP contribution in [-0.4, -0.2) is 32.0 Å². The Hall–Kier alpha value is -2.73. The third kappa shape index (κ3) is 4.67. The zero-order chi connectivity index (χ0) is 18.5. The van der Waals surface area contributed by atoms with Gasteiger partial charge in [0.05, 0.1) is 7.05 Å². The van der Waals surface area contributed by atoms with E-state index in [1.165, 1.54) is 12.1 Å². The van der Waals surface area contributed by atoms with E-state index in [1.807, 2.05) is 25.2 Å². The van der Waals surface area contributed by atoms with E-state index in [9.17, 15) is 14.0 Å². The van der Waals surface area contributed by atoms with Crippen molar-refractivity contribution in [3.05, 3.63) is 59.9 Å². The standard InChI is InChI=1S/C20H22FN3O2/c1-23(13-15-4-2-5-16(21)12-15)14-19(25)22-17-7-9-18(10-8-17)24-11-3-6-20(24)26/h2,4-5,7-10,12H,3,6,11,13-14H2,1H3,(H,22,25)/p+1. The van der Waals surface area contributed by atoms with E-state index in [4.69, 9.17) is 0 Å². The van der Waals surface area contributed by atoms with Crippen LogP contribution in [0.25, 0.3) is 0 Å². The van der Waals surface area contributed by atoms with Crippen LogP contribution < -0.4 is 15.1 Å². The van der Waals surface area contributed by atoms with Crippen molar-refractivity contribution < 1.29 is 18.9 Å². The molecule has 0 aliphatic carbocycles. The summed E-state index contributed by atoms with van der Waals surface area (Å²) in [6, 6.07) is 13.7. The SMILES string of the molecule is C[NH+](CC(=O)Nc1ccc(N2CCCC2=O)cc1)Cc1cccc(F)c1. The van der Waals surface area contributed by atoms with Crippen LogP contribution in [-0.2, 0) is 16.1 Å². The molecule has 0 aromatic heterocycles. The molecule has 1 atom stereocenters. The molecule has 2 N–H and O–H groups in total. The summed E-state index contributed by atoms with van der Waals surface area (Å²) in [4.78, 5) is 26.7. The van der Waals surface area contributed by atoms with E-state index in [2.05, 4.69) is 5.32 Å². The first-order valence-corrected chi connectivity index (χ1v) is 8.77. The Morgan fingerprint density at radius 3 is 2.65 bits per heavy atom. The summed E-state index contributed by atoms with van der Waals surface area (Å²) in [5.41, 5.74) is 2.42. The molecule has 2 amide bonds. The van der Waals surface area contributed by atoms with Crippen molar-refractivity contribution in [2.24, 2.45) is 0 Å².